The molecular weight excluding hydrogens is 555 g/mol. The van der Waals surface area contributed by atoms with Crippen molar-refractivity contribution in [3.05, 3.63) is 30.0 Å². The zero-order valence-corrected chi connectivity index (χ0v) is 23.0. The van der Waals surface area contributed by atoms with Crippen LogP contribution in [0.15, 0.2) is 18.3 Å². The maximum absolute atomic E-state index is 16.5. The van der Waals surface area contributed by atoms with Gasteiger partial charge in [0.25, 0.3) is 0 Å². The first-order valence-electron chi connectivity index (χ1n) is 14.0. The number of nitrogens with zero attached hydrogens (tertiary/aromatic N) is 6. The zero-order valence-electron chi connectivity index (χ0n) is 22.2. The highest BCUT2D eigenvalue weighted by molar-refractivity contribution is 7.22. The highest BCUT2D eigenvalue weighted by atomic mass is 32.1. The molecule has 13 heteroatoms. The van der Waals surface area contributed by atoms with E-state index in [4.69, 9.17) is 20.2 Å². The van der Waals surface area contributed by atoms with E-state index in [9.17, 15) is 8.78 Å². The summed E-state index contributed by atoms with van der Waals surface area (Å²) in [4.78, 5) is 22.3. The van der Waals surface area contributed by atoms with Crippen molar-refractivity contribution >= 4 is 43.4 Å². The molecular formula is C28H28F3N7O2S. The Hall–Kier alpha value is -3.29. The predicted molar refractivity (Wildman–Crippen MR) is 149 cm³/mol. The maximum Gasteiger partial charge on any atom is 0.319 e. The lowest BCUT2D eigenvalue weighted by atomic mass is 9.95. The van der Waals surface area contributed by atoms with E-state index in [1.165, 1.54) is 12.1 Å². The number of fused-ring (bicyclic) bond motifs is 4. The number of aromatic nitrogens is 4. The third-order valence-electron chi connectivity index (χ3n) is 8.89. The van der Waals surface area contributed by atoms with Gasteiger partial charge in [-0.15, -0.1) is 0 Å². The van der Waals surface area contributed by atoms with E-state index < -0.39 is 23.3 Å². The van der Waals surface area contributed by atoms with Gasteiger partial charge in [-0.2, -0.15) is 9.97 Å². The van der Waals surface area contributed by atoms with E-state index in [1.807, 2.05) is 0 Å². The van der Waals surface area contributed by atoms with Gasteiger partial charge >= 0.3 is 6.01 Å². The monoisotopic (exact) mass is 583 g/mol. The molecule has 3 aliphatic heterocycles. The van der Waals surface area contributed by atoms with E-state index in [0.29, 0.717) is 42.9 Å². The van der Waals surface area contributed by atoms with Gasteiger partial charge in [0.1, 0.15) is 35.6 Å². The normalized spacial score (nSPS) is 27.8. The third-order valence-corrected chi connectivity index (χ3v) is 9.78. The summed E-state index contributed by atoms with van der Waals surface area (Å²) in [5.74, 6) is -0.623. The van der Waals surface area contributed by atoms with Gasteiger partial charge in [-0.05, 0) is 44.4 Å². The fraction of sp³-hybridized carbons (Fsp3) is 0.500. The number of nitrogen functional groups attached to an aromatic ring is 1. The number of pyridine rings is 1. The Morgan fingerprint density at radius 2 is 2.05 bits per heavy atom. The van der Waals surface area contributed by atoms with Crippen molar-refractivity contribution in [2.75, 3.05) is 43.5 Å². The average molecular weight is 584 g/mol. The molecule has 0 spiro atoms. The van der Waals surface area contributed by atoms with Crippen LogP contribution in [-0.2, 0) is 4.74 Å². The molecule has 3 saturated heterocycles. The Labute approximate surface area is 237 Å². The van der Waals surface area contributed by atoms with Crippen molar-refractivity contribution in [1.82, 2.24) is 24.8 Å². The minimum Gasteiger partial charge on any atom is -0.461 e. The van der Waals surface area contributed by atoms with Crippen LogP contribution in [0.25, 0.3) is 32.4 Å². The summed E-state index contributed by atoms with van der Waals surface area (Å²) >= 11 is 1.000. The lowest BCUT2D eigenvalue weighted by molar-refractivity contribution is 0.107. The largest absolute Gasteiger partial charge is 0.461 e. The molecule has 1 aromatic carbocycles. The number of halogens is 3. The molecule has 214 valence electrons. The number of nitrogens with two attached hydrogens (primary N) is 1. The van der Waals surface area contributed by atoms with Crippen LogP contribution >= 0.6 is 11.3 Å². The maximum atomic E-state index is 16.5. The summed E-state index contributed by atoms with van der Waals surface area (Å²) in [5, 5.41) is 0.630. The molecule has 8 rings (SSSR count). The molecule has 6 heterocycles. The van der Waals surface area contributed by atoms with Crippen molar-refractivity contribution in [2.45, 2.75) is 56.0 Å². The second kappa shape index (κ2) is 9.36. The van der Waals surface area contributed by atoms with Crippen LogP contribution in [0.1, 0.15) is 32.1 Å². The van der Waals surface area contributed by atoms with Crippen molar-refractivity contribution in [2.24, 2.45) is 0 Å². The van der Waals surface area contributed by atoms with Gasteiger partial charge < -0.3 is 20.1 Å². The number of ether oxygens (including phenoxy) is 2. The quantitative estimate of drug-likeness (QED) is 0.364. The molecule has 9 nitrogen and oxygen atoms in total. The molecule has 41 heavy (non-hydrogen) atoms. The molecule has 1 saturated carbocycles. The first-order valence-corrected chi connectivity index (χ1v) is 14.8. The van der Waals surface area contributed by atoms with Crippen LogP contribution in [0, 0.1) is 11.6 Å². The summed E-state index contributed by atoms with van der Waals surface area (Å²) in [5.41, 5.74) is 6.07. The van der Waals surface area contributed by atoms with Gasteiger partial charge in [-0.25, -0.2) is 18.2 Å². The van der Waals surface area contributed by atoms with E-state index >= 15 is 4.39 Å². The summed E-state index contributed by atoms with van der Waals surface area (Å²) in [6, 6.07) is 2.89. The summed E-state index contributed by atoms with van der Waals surface area (Å²) in [6.07, 6.45) is 4.66. The Morgan fingerprint density at radius 1 is 1.15 bits per heavy atom. The van der Waals surface area contributed by atoms with Gasteiger partial charge in [0.15, 0.2) is 10.9 Å². The standard InChI is InChI=1S/C28H28F3N7O2S/c29-14-10-28(5-1-6-37(28)12-14)13-40-27-35-22-16(25(36-27)38-7-2-8-39-19-9-18(19)38)11-33-21(20(22)31)15-3-4-17(30)24-23(15)34-26(32)41-24/h3-4,11,14,18-19H,1-2,5-10,12-13H2,(H2,32,34)/t14-,18+,19-,28+/m1/s1. The minimum atomic E-state index is -0.894. The van der Waals surface area contributed by atoms with Crippen molar-refractivity contribution in [1.29, 1.82) is 0 Å². The van der Waals surface area contributed by atoms with E-state index in [0.717, 1.165) is 43.6 Å². The highest BCUT2D eigenvalue weighted by Crippen LogP contribution is 2.43. The van der Waals surface area contributed by atoms with Gasteiger partial charge in [-0.3, -0.25) is 9.88 Å². The molecule has 4 aromatic rings. The molecule has 4 atom stereocenters. The number of hydrogen-bond acceptors (Lipinski definition) is 10. The second-order valence-electron chi connectivity index (χ2n) is 11.5. The summed E-state index contributed by atoms with van der Waals surface area (Å²) < 4.78 is 57.7. The molecule has 0 amide bonds. The number of thiazole rings is 1. The fourth-order valence-electron chi connectivity index (χ4n) is 6.89. The predicted octanol–water partition coefficient (Wildman–Crippen LogP) is 4.48. The molecule has 4 aliphatic rings. The Bertz CT molecular complexity index is 1690. The number of hydrogen-bond donors (Lipinski definition) is 1. The van der Waals surface area contributed by atoms with Gasteiger partial charge in [0, 0.05) is 37.9 Å². The van der Waals surface area contributed by atoms with Gasteiger partial charge in [-0.1, -0.05) is 11.3 Å². The topological polar surface area (TPSA) is 103 Å². The van der Waals surface area contributed by atoms with Crippen molar-refractivity contribution < 1.29 is 22.6 Å². The van der Waals surface area contributed by atoms with E-state index in [-0.39, 0.29) is 51.3 Å². The number of alkyl halides is 1. The second-order valence-corrected chi connectivity index (χ2v) is 12.5. The highest BCUT2D eigenvalue weighted by Gasteiger charge is 2.50. The number of anilines is 2. The molecule has 3 aromatic heterocycles. The van der Waals surface area contributed by atoms with Crippen LogP contribution in [0.3, 0.4) is 0 Å². The molecule has 0 unspecified atom stereocenters. The van der Waals surface area contributed by atoms with Gasteiger partial charge in [0.05, 0.1) is 33.3 Å². The fourth-order valence-corrected chi connectivity index (χ4v) is 7.65. The number of benzene rings is 1. The molecule has 1 aliphatic carbocycles. The van der Waals surface area contributed by atoms with Crippen LogP contribution in [-0.4, -0.2) is 81.5 Å². The third kappa shape index (κ3) is 4.11. The van der Waals surface area contributed by atoms with Crippen LogP contribution < -0.4 is 15.4 Å². The Balaban J connectivity index is 1.25. The van der Waals surface area contributed by atoms with E-state index in [2.05, 4.69) is 24.8 Å². The van der Waals surface area contributed by atoms with Crippen molar-refractivity contribution in [3.63, 3.8) is 0 Å². The van der Waals surface area contributed by atoms with Crippen LogP contribution in [0.5, 0.6) is 6.01 Å². The number of rotatable bonds is 5. The SMILES string of the molecule is Nc1nc2c(-c3ncc4c(N5CCCO[C@@H]6C[C@@H]65)nc(OC[C@@]56CCCN5C[C@H](F)C6)nc4c3F)ccc(F)c2s1. The Kier molecular flexibility index (Phi) is 5.81. The molecule has 0 radical (unpaired) electrons. The van der Waals surface area contributed by atoms with Gasteiger partial charge in [0.2, 0.25) is 0 Å². The first kappa shape index (κ1) is 25.4. The Morgan fingerprint density at radius 3 is 2.95 bits per heavy atom. The molecule has 2 N–H and O–H groups in total. The molecule has 0 bridgehead atoms. The first-order chi connectivity index (χ1) is 19.9. The molecule has 4 fully saturated rings. The summed E-state index contributed by atoms with van der Waals surface area (Å²) in [7, 11) is 0. The lowest BCUT2D eigenvalue weighted by Crippen LogP contribution is -2.43. The van der Waals surface area contributed by atoms with Crippen molar-refractivity contribution in [3.8, 4) is 17.3 Å². The average Bonchev–Trinajstić information content (AvgIpc) is 3.35. The lowest BCUT2D eigenvalue weighted by Gasteiger charge is -2.31. The van der Waals surface area contributed by atoms with Crippen LogP contribution in [0.4, 0.5) is 24.1 Å². The minimum absolute atomic E-state index is 0.0106. The smallest absolute Gasteiger partial charge is 0.319 e. The summed E-state index contributed by atoms with van der Waals surface area (Å²) in [6.45, 7) is 2.81. The van der Waals surface area contributed by atoms with E-state index in [1.54, 1.807) is 6.20 Å². The zero-order chi connectivity index (χ0) is 27.9. The van der Waals surface area contributed by atoms with Crippen LogP contribution in [0.2, 0.25) is 0 Å².